The van der Waals surface area contributed by atoms with E-state index >= 15 is 0 Å². The van der Waals surface area contributed by atoms with Crippen LogP contribution in [0.4, 0.5) is 10.1 Å². The number of carbonyl (C=O) groups excluding carboxylic acids is 1. The fourth-order valence-electron chi connectivity index (χ4n) is 2.95. The number of methoxy groups -OCH3 is 1. The summed E-state index contributed by atoms with van der Waals surface area (Å²) in [5.74, 6) is -0.247. The lowest BCUT2D eigenvalue weighted by atomic mass is 10.1. The van der Waals surface area contributed by atoms with E-state index in [0.717, 1.165) is 22.9 Å². The highest BCUT2D eigenvalue weighted by molar-refractivity contribution is 7.91. The molecular weight excluding hydrogens is 381 g/mol. The Morgan fingerprint density at radius 1 is 1.00 bits per heavy atom. The van der Waals surface area contributed by atoms with E-state index in [-0.39, 0.29) is 29.4 Å². The molecule has 0 heterocycles. The van der Waals surface area contributed by atoms with Crippen LogP contribution < -0.4 is 10.1 Å². The zero-order valence-electron chi connectivity index (χ0n) is 15.3. The van der Waals surface area contributed by atoms with E-state index in [2.05, 4.69) is 5.32 Å². The summed E-state index contributed by atoms with van der Waals surface area (Å²) in [6.07, 6.45) is 0.223. The summed E-state index contributed by atoms with van der Waals surface area (Å²) in [5, 5.41) is 4.55. The molecular formula is C21H20FNO4S. The van der Waals surface area contributed by atoms with Gasteiger partial charge in [0, 0.05) is 22.9 Å². The molecule has 3 aromatic rings. The number of amides is 1. The zero-order chi connectivity index (χ0) is 20.1. The summed E-state index contributed by atoms with van der Waals surface area (Å²) in [4.78, 5) is 12.3. The maximum Gasteiger partial charge on any atom is 0.224 e. The molecule has 0 aliphatic heterocycles. The highest BCUT2D eigenvalue weighted by atomic mass is 32.2. The predicted octanol–water partition coefficient (Wildman–Crippen LogP) is 4.18. The molecule has 0 saturated heterocycles. The van der Waals surface area contributed by atoms with Crippen molar-refractivity contribution in [3.8, 4) is 5.75 Å². The van der Waals surface area contributed by atoms with Crippen LogP contribution in [0.3, 0.4) is 0 Å². The van der Waals surface area contributed by atoms with Crippen molar-refractivity contribution in [2.75, 3.05) is 18.2 Å². The number of nitrogens with one attached hydrogen (secondary N) is 1. The van der Waals surface area contributed by atoms with Gasteiger partial charge in [-0.25, -0.2) is 12.8 Å². The quantitative estimate of drug-likeness (QED) is 0.603. The van der Waals surface area contributed by atoms with Crippen LogP contribution in [0.2, 0.25) is 0 Å². The lowest BCUT2D eigenvalue weighted by Crippen LogP contribution is -2.14. The SMILES string of the molecule is COc1ccc(NC(=O)CCCS(=O)(=O)c2ccc(F)cc2)c2ccccc12. The van der Waals surface area contributed by atoms with Gasteiger partial charge < -0.3 is 10.1 Å². The van der Waals surface area contributed by atoms with E-state index in [1.807, 2.05) is 24.3 Å². The first kappa shape index (κ1) is 19.8. The molecule has 0 unspecified atom stereocenters. The molecule has 28 heavy (non-hydrogen) atoms. The van der Waals surface area contributed by atoms with Crippen LogP contribution in [0.15, 0.2) is 65.6 Å². The molecule has 0 radical (unpaired) electrons. The largest absolute Gasteiger partial charge is 0.496 e. The van der Waals surface area contributed by atoms with Crippen LogP contribution in [0.5, 0.6) is 5.75 Å². The van der Waals surface area contributed by atoms with Crippen molar-refractivity contribution in [1.82, 2.24) is 0 Å². The molecule has 146 valence electrons. The summed E-state index contributed by atoms with van der Waals surface area (Å²) in [6.45, 7) is 0. The predicted molar refractivity (Wildman–Crippen MR) is 107 cm³/mol. The maximum atomic E-state index is 12.9. The van der Waals surface area contributed by atoms with Gasteiger partial charge in [-0.1, -0.05) is 24.3 Å². The third kappa shape index (κ3) is 4.48. The number of rotatable bonds is 7. The van der Waals surface area contributed by atoms with Gasteiger partial charge in [-0.3, -0.25) is 4.79 Å². The number of ether oxygens (including phenoxy) is 1. The number of sulfone groups is 1. The van der Waals surface area contributed by atoms with E-state index in [0.29, 0.717) is 11.4 Å². The van der Waals surface area contributed by atoms with Gasteiger partial charge in [0.15, 0.2) is 9.84 Å². The van der Waals surface area contributed by atoms with Gasteiger partial charge >= 0.3 is 0 Å². The standard InChI is InChI=1S/C21H20FNO4S/c1-27-20-13-12-19(17-5-2-3-6-18(17)20)23-21(24)7-4-14-28(25,26)16-10-8-15(22)9-11-16/h2-3,5-6,8-13H,4,7,14H2,1H3,(H,23,24). The van der Waals surface area contributed by atoms with Crippen LogP contribution >= 0.6 is 0 Å². The molecule has 5 nitrogen and oxygen atoms in total. The second-order valence-electron chi connectivity index (χ2n) is 6.29. The van der Waals surface area contributed by atoms with Gasteiger partial charge in [0.05, 0.1) is 17.8 Å². The molecule has 0 aliphatic carbocycles. The van der Waals surface area contributed by atoms with Crippen LogP contribution in [-0.4, -0.2) is 27.2 Å². The Bertz CT molecular complexity index is 1100. The van der Waals surface area contributed by atoms with E-state index in [4.69, 9.17) is 4.74 Å². The summed E-state index contributed by atoms with van der Waals surface area (Å²) < 4.78 is 42.8. The Morgan fingerprint density at radius 2 is 1.68 bits per heavy atom. The molecule has 3 aromatic carbocycles. The Morgan fingerprint density at radius 3 is 2.36 bits per heavy atom. The smallest absolute Gasteiger partial charge is 0.224 e. The molecule has 0 aromatic heterocycles. The molecule has 0 saturated carbocycles. The van der Waals surface area contributed by atoms with Crippen molar-refractivity contribution >= 4 is 32.2 Å². The second-order valence-corrected chi connectivity index (χ2v) is 8.39. The average Bonchev–Trinajstić information content (AvgIpc) is 2.68. The third-order valence-electron chi connectivity index (χ3n) is 4.37. The van der Waals surface area contributed by atoms with Crippen molar-refractivity contribution in [3.05, 3.63) is 66.5 Å². The van der Waals surface area contributed by atoms with Crippen molar-refractivity contribution in [2.24, 2.45) is 0 Å². The molecule has 0 atom stereocenters. The summed E-state index contributed by atoms with van der Waals surface area (Å²) in [5.41, 5.74) is 0.641. The fraction of sp³-hybridized carbons (Fsp3) is 0.190. The number of halogens is 1. The number of hydrogen-bond acceptors (Lipinski definition) is 4. The Kier molecular flexibility index (Phi) is 5.94. The third-order valence-corrected chi connectivity index (χ3v) is 6.18. The van der Waals surface area contributed by atoms with E-state index < -0.39 is 15.7 Å². The Labute approximate surface area is 163 Å². The first-order chi connectivity index (χ1) is 13.4. The lowest BCUT2D eigenvalue weighted by molar-refractivity contribution is -0.116. The van der Waals surface area contributed by atoms with Crippen molar-refractivity contribution in [3.63, 3.8) is 0 Å². The molecule has 0 fully saturated rings. The summed E-state index contributed by atoms with van der Waals surface area (Å²) in [7, 11) is -1.97. The van der Waals surface area contributed by atoms with E-state index in [1.54, 1.807) is 19.2 Å². The van der Waals surface area contributed by atoms with Gasteiger partial charge in [0.2, 0.25) is 5.91 Å². The summed E-state index contributed by atoms with van der Waals surface area (Å²) in [6, 6.07) is 15.7. The number of anilines is 1. The highest BCUT2D eigenvalue weighted by Crippen LogP contribution is 2.31. The molecule has 1 amide bonds. The average molecular weight is 401 g/mol. The molecule has 3 rings (SSSR count). The van der Waals surface area contributed by atoms with Crippen LogP contribution in [0, 0.1) is 5.82 Å². The van der Waals surface area contributed by atoms with E-state index in [9.17, 15) is 17.6 Å². The van der Waals surface area contributed by atoms with Crippen LogP contribution in [0.25, 0.3) is 10.8 Å². The number of benzene rings is 3. The zero-order valence-corrected chi connectivity index (χ0v) is 16.1. The highest BCUT2D eigenvalue weighted by Gasteiger charge is 2.15. The van der Waals surface area contributed by atoms with Crippen LogP contribution in [0.1, 0.15) is 12.8 Å². The minimum atomic E-state index is -3.55. The van der Waals surface area contributed by atoms with Crippen molar-refractivity contribution in [1.29, 1.82) is 0 Å². The van der Waals surface area contributed by atoms with Gasteiger partial charge in [0.25, 0.3) is 0 Å². The number of fused-ring (bicyclic) bond motifs is 1. The van der Waals surface area contributed by atoms with Gasteiger partial charge in [-0.2, -0.15) is 0 Å². The van der Waals surface area contributed by atoms with Gasteiger partial charge in [-0.05, 0) is 42.8 Å². The number of hydrogen-bond donors (Lipinski definition) is 1. The first-order valence-corrected chi connectivity index (χ1v) is 10.4. The maximum absolute atomic E-state index is 12.9. The normalized spacial score (nSPS) is 11.4. The van der Waals surface area contributed by atoms with Gasteiger partial charge in [-0.15, -0.1) is 0 Å². The summed E-state index contributed by atoms with van der Waals surface area (Å²) >= 11 is 0. The van der Waals surface area contributed by atoms with Crippen molar-refractivity contribution < 1.29 is 22.3 Å². The minimum absolute atomic E-state index is 0.0513. The van der Waals surface area contributed by atoms with Gasteiger partial charge in [0.1, 0.15) is 11.6 Å². The molecule has 0 spiro atoms. The van der Waals surface area contributed by atoms with Crippen LogP contribution in [-0.2, 0) is 14.6 Å². The molecule has 7 heteroatoms. The Balaban J connectivity index is 1.64. The van der Waals surface area contributed by atoms with E-state index in [1.165, 1.54) is 12.1 Å². The van der Waals surface area contributed by atoms with Crippen molar-refractivity contribution in [2.45, 2.75) is 17.7 Å². The molecule has 0 aliphatic rings. The molecule has 1 N–H and O–H groups in total. The second kappa shape index (κ2) is 8.39. The monoisotopic (exact) mass is 401 g/mol. The number of carbonyl (C=O) groups is 1. The first-order valence-electron chi connectivity index (χ1n) is 8.74. The topological polar surface area (TPSA) is 72.5 Å². The lowest BCUT2D eigenvalue weighted by Gasteiger charge is -2.12. The fourth-order valence-corrected chi connectivity index (χ4v) is 4.26. The molecule has 0 bridgehead atoms. The Hall–Kier alpha value is -2.93. The minimum Gasteiger partial charge on any atom is -0.496 e.